The minimum absolute atomic E-state index is 0.241. The summed E-state index contributed by atoms with van der Waals surface area (Å²) in [6.45, 7) is 2.21. The fourth-order valence-corrected chi connectivity index (χ4v) is 4.03. The van der Waals surface area contributed by atoms with Gasteiger partial charge in [0.2, 0.25) is 11.8 Å². The van der Waals surface area contributed by atoms with Gasteiger partial charge < -0.3 is 8.83 Å². The molecule has 4 rings (SSSR count). The topological polar surface area (TPSA) is 86.2 Å². The van der Waals surface area contributed by atoms with Gasteiger partial charge in [0, 0.05) is 0 Å². The van der Waals surface area contributed by atoms with Crippen LogP contribution in [0.15, 0.2) is 67.0 Å². The summed E-state index contributed by atoms with van der Waals surface area (Å²) in [4.78, 5) is 34.3. The van der Waals surface area contributed by atoms with E-state index >= 15 is 0 Å². The summed E-state index contributed by atoms with van der Waals surface area (Å²) in [6.07, 6.45) is 8.69. The maximum atomic E-state index is 12.6. The van der Waals surface area contributed by atoms with E-state index in [4.69, 9.17) is 8.83 Å². The van der Waals surface area contributed by atoms with Gasteiger partial charge in [-0.3, -0.25) is 0 Å². The zero-order valence-corrected chi connectivity index (χ0v) is 18.4. The molecule has 0 aliphatic heterocycles. The number of hydrogen-bond acceptors (Lipinski definition) is 6. The molecule has 0 saturated carbocycles. The second-order valence-corrected chi connectivity index (χ2v) is 8.18. The first-order chi connectivity index (χ1) is 15.7. The summed E-state index contributed by atoms with van der Waals surface area (Å²) in [5, 5.41) is 0.859. The van der Waals surface area contributed by atoms with Crippen LogP contribution >= 0.6 is 0 Å². The normalized spacial score (nSPS) is 11.6. The Balaban J connectivity index is 1.66. The van der Waals surface area contributed by atoms with Gasteiger partial charge >= 0.3 is 11.3 Å². The summed E-state index contributed by atoms with van der Waals surface area (Å²) in [6, 6.07) is 14.2. The molecule has 0 atom stereocenters. The predicted molar refractivity (Wildman–Crippen MR) is 125 cm³/mol. The third-order valence-electron chi connectivity index (χ3n) is 5.80. The average molecular weight is 433 g/mol. The number of fused-ring (bicyclic) bond motifs is 2. The third-order valence-corrected chi connectivity index (χ3v) is 5.80. The van der Waals surface area contributed by atoms with E-state index < -0.39 is 17.2 Å². The highest BCUT2D eigenvalue weighted by atomic mass is 16.4. The Hall–Kier alpha value is -3.28. The lowest BCUT2D eigenvalue weighted by Crippen LogP contribution is -2.14. The van der Waals surface area contributed by atoms with Crippen molar-refractivity contribution in [2.45, 2.75) is 64.2 Å². The molecule has 0 spiro atoms. The van der Waals surface area contributed by atoms with Crippen LogP contribution < -0.4 is 11.3 Å². The molecule has 6 nitrogen and oxygen atoms in total. The van der Waals surface area contributed by atoms with Crippen LogP contribution in [0.2, 0.25) is 0 Å². The van der Waals surface area contributed by atoms with Crippen molar-refractivity contribution in [2.24, 2.45) is 0 Å². The minimum Gasteiger partial charge on any atom is -0.407 e. The van der Waals surface area contributed by atoms with Crippen LogP contribution in [0.25, 0.3) is 21.8 Å². The lowest BCUT2D eigenvalue weighted by atomic mass is 9.99. The summed E-state index contributed by atoms with van der Waals surface area (Å²) in [7, 11) is 0. The van der Waals surface area contributed by atoms with Crippen LogP contribution in [0.5, 0.6) is 0 Å². The molecule has 2 heterocycles. The molecule has 6 heteroatoms. The second-order valence-electron chi connectivity index (χ2n) is 8.18. The van der Waals surface area contributed by atoms with Crippen molar-refractivity contribution in [2.75, 3.05) is 0 Å². The van der Waals surface area contributed by atoms with E-state index in [-0.39, 0.29) is 11.8 Å². The molecule has 0 saturated heterocycles. The quantitative estimate of drug-likeness (QED) is 0.287. The van der Waals surface area contributed by atoms with Gasteiger partial charge in [-0.05, 0) is 30.7 Å². The largest absolute Gasteiger partial charge is 0.407 e. The molecule has 166 valence electrons. The van der Waals surface area contributed by atoms with Gasteiger partial charge in [0.1, 0.15) is 5.92 Å². The maximum absolute atomic E-state index is 12.6. The van der Waals surface area contributed by atoms with Crippen LogP contribution in [0.3, 0.4) is 0 Å². The number of aromatic nitrogens is 2. The maximum Gasteiger partial charge on any atom is 0.346 e. The van der Waals surface area contributed by atoms with E-state index in [0.29, 0.717) is 28.2 Å². The van der Waals surface area contributed by atoms with Crippen molar-refractivity contribution >= 4 is 21.8 Å². The molecule has 0 aliphatic carbocycles. The highest BCUT2D eigenvalue weighted by Gasteiger charge is 2.25. The Morgan fingerprint density at radius 2 is 1.16 bits per heavy atom. The zero-order chi connectivity index (χ0) is 22.3. The Kier molecular flexibility index (Phi) is 7.10. The number of rotatable bonds is 10. The monoisotopic (exact) mass is 432 g/mol. The van der Waals surface area contributed by atoms with Crippen LogP contribution in [0.1, 0.15) is 76.0 Å². The summed E-state index contributed by atoms with van der Waals surface area (Å²) in [5.74, 6) is -0.0171. The summed E-state index contributed by atoms with van der Waals surface area (Å²) >= 11 is 0. The van der Waals surface area contributed by atoms with Crippen molar-refractivity contribution in [1.82, 2.24) is 9.97 Å². The molecule has 0 amide bonds. The molecule has 2 aromatic heterocycles. The number of unbranched alkanes of at least 4 members (excludes halogenated alkanes) is 6. The molecule has 0 aliphatic rings. The summed E-state index contributed by atoms with van der Waals surface area (Å²) in [5.41, 5.74) is 0.231. The minimum atomic E-state index is -0.500. The first-order valence-electron chi connectivity index (χ1n) is 11.5. The fourth-order valence-electron chi connectivity index (χ4n) is 4.03. The highest BCUT2D eigenvalue weighted by molar-refractivity contribution is 5.77. The molecular weight excluding hydrogens is 404 g/mol. The number of hydrogen-bond donors (Lipinski definition) is 0. The Bertz CT molecular complexity index is 1220. The van der Waals surface area contributed by atoms with E-state index in [1.54, 1.807) is 36.4 Å². The first kappa shape index (κ1) is 21.9. The highest BCUT2D eigenvalue weighted by Crippen LogP contribution is 2.28. The summed E-state index contributed by atoms with van der Waals surface area (Å²) < 4.78 is 11.2. The molecule has 0 N–H and O–H groups in total. The molecular formula is C26H28N2O4. The van der Waals surface area contributed by atoms with Gasteiger partial charge in [0.05, 0.1) is 21.8 Å². The van der Waals surface area contributed by atoms with Crippen molar-refractivity contribution in [3.8, 4) is 0 Å². The Morgan fingerprint density at radius 1 is 0.688 bits per heavy atom. The van der Waals surface area contributed by atoms with E-state index in [1.165, 1.54) is 25.7 Å². The van der Waals surface area contributed by atoms with Gasteiger partial charge in [-0.2, -0.15) is 0 Å². The number of nitrogens with zero attached hydrogens (tertiary/aromatic N) is 2. The number of para-hydroxylation sites is 2. The zero-order valence-electron chi connectivity index (χ0n) is 18.4. The molecule has 4 aromatic rings. The SMILES string of the molecule is CCCCCCCCCC(c1nc2ccccc2c(=O)o1)c1nc2ccccc2c(=O)o1. The van der Waals surface area contributed by atoms with Crippen molar-refractivity contribution in [3.05, 3.63) is 81.2 Å². The lowest BCUT2D eigenvalue weighted by molar-refractivity contribution is 0.348. The Labute approximate surface area is 186 Å². The number of benzene rings is 2. The second kappa shape index (κ2) is 10.4. The van der Waals surface area contributed by atoms with E-state index in [1.807, 2.05) is 12.1 Å². The van der Waals surface area contributed by atoms with Gasteiger partial charge in [-0.25, -0.2) is 19.6 Å². The fraction of sp³-hybridized carbons (Fsp3) is 0.385. The van der Waals surface area contributed by atoms with E-state index in [0.717, 1.165) is 19.3 Å². The van der Waals surface area contributed by atoms with Crippen LogP contribution in [0.4, 0.5) is 0 Å². The van der Waals surface area contributed by atoms with Gasteiger partial charge in [-0.15, -0.1) is 0 Å². The standard InChI is InChI=1S/C26H28N2O4/c1-2-3-4-5-6-7-8-15-20(23-27-21-16-11-9-13-18(21)25(29)31-23)24-28-22-17-12-10-14-19(22)26(30)32-24/h9-14,16-17,20H,2-8,15H2,1H3. The Morgan fingerprint density at radius 3 is 1.69 bits per heavy atom. The van der Waals surface area contributed by atoms with Crippen LogP contribution in [-0.4, -0.2) is 9.97 Å². The van der Waals surface area contributed by atoms with Crippen LogP contribution in [-0.2, 0) is 0 Å². The molecule has 0 radical (unpaired) electrons. The first-order valence-corrected chi connectivity index (χ1v) is 11.5. The van der Waals surface area contributed by atoms with Gasteiger partial charge in [0.15, 0.2) is 0 Å². The van der Waals surface area contributed by atoms with Crippen molar-refractivity contribution in [3.63, 3.8) is 0 Å². The smallest absolute Gasteiger partial charge is 0.346 e. The van der Waals surface area contributed by atoms with Crippen molar-refractivity contribution in [1.29, 1.82) is 0 Å². The predicted octanol–water partition coefficient (Wildman–Crippen LogP) is 5.96. The average Bonchev–Trinajstić information content (AvgIpc) is 2.81. The lowest BCUT2D eigenvalue weighted by Gasteiger charge is -2.14. The van der Waals surface area contributed by atoms with Crippen molar-refractivity contribution < 1.29 is 8.83 Å². The molecule has 32 heavy (non-hydrogen) atoms. The molecule has 0 bridgehead atoms. The molecule has 0 unspecified atom stereocenters. The van der Waals surface area contributed by atoms with E-state index in [2.05, 4.69) is 16.9 Å². The molecule has 2 aromatic carbocycles. The van der Waals surface area contributed by atoms with E-state index in [9.17, 15) is 9.59 Å². The van der Waals surface area contributed by atoms with Crippen LogP contribution in [0, 0.1) is 0 Å². The van der Waals surface area contributed by atoms with Gasteiger partial charge in [-0.1, -0.05) is 76.1 Å². The third kappa shape index (κ3) is 4.96. The van der Waals surface area contributed by atoms with Gasteiger partial charge in [0.25, 0.3) is 0 Å². The molecule has 0 fully saturated rings.